The molecule has 0 heterocycles. The quantitative estimate of drug-likeness (QED) is 0.645. The maximum absolute atomic E-state index is 12.9. The zero-order valence-corrected chi connectivity index (χ0v) is 10.3. The summed E-state index contributed by atoms with van der Waals surface area (Å²) in [5.74, 6) is -0.576. The van der Waals surface area contributed by atoms with Gasteiger partial charge in [0.15, 0.2) is 0 Å². The summed E-state index contributed by atoms with van der Waals surface area (Å²) in [5.41, 5.74) is 4.51. The molecule has 0 amide bonds. The SMILES string of the molecule is CCN(CC)c1ccc(C(=N)N)c(C(F)(F)F)c1. The summed E-state index contributed by atoms with van der Waals surface area (Å²) in [7, 11) is 0. The summed E-state index contributed by atoms with van der Waals surface area (Å²) in [6.07, 6.45) is -4.51. The van der Waals surface area contributed by atoms with Gasteiger partial charge in [-0.15, -0.1) is 0 Å². The standard InChI is InChI=1S/C12H16F3N3/c1-3-18(4-2)8-5-6-9(11(16)17)10(7-8)12(13,14)15/h5-7H,3-4H2,1-2H3,(H3,16,17). The number of halogens is 3. The van der Waals surface area contributed by atoms with Gasteiger partial charge in [0, 0.05) is 24.3 Å². The van der Waals surface area contributed by atoms with Crippen LogP contribution in [0.15, 0.2) is 18.2 Å². The number of nitrogens with one attached hydrogen (secondary N) is 1. The van der Waals surface area contributed by atoms with Crippen LogP contribution in [0.4, 0.5) is 18.9 Å². The molecule has 100 valence electrons. The number of rotatable bonds is 4. The molecule has 18 heavy (non-hydrogen) atoms. The van der Waals surface area contributed by atoms with Crippen molar-refractivity contribution in [1.82, 2.24) is 0 Å². The molecule has 3 nitrogen and oxygen atoms in total. The molecule has 0 bridgehead atoms. The van der Waals surface area contributed by atoms with Gasteiger partial charge in [-0.25, -0.2) is 0 Å². The first-order chi connectivity index (χ1) is 8.31. The van der Waals surface area contributed by atoms with E-state index in [1.807, 2.05) is 13.8 Å². The van der Waals surface area contributed by atoms with Crippen LogP contribution in [-0.2, 0) is 6.18 Å². The lowest BCUT2D eigenvalue weighted by Crippen LogP contribution is -2.24. The Labute approximate surface area is 104 Å². The first-order valence-electron chi connectivity index (χ1n) is 5.61. The number of hydrogen-bond donors (Lipinski definition) is 2. The number of hydrogen-bond acceptors (Lipinski definition) is 2. The molecular weight excluding hydrogens is 243 g/mol. The Morgan fingerprint density at radius 2 is 1.83 bits per heavy atom. The molecule has 0 saturated heterocycles. The molecule has 1 aromatic carbocycles. The molecule has 0 spiro atoms. The Kier molecular flexibility index (Phi) is 4.21. The Hall–Kier alpha value is -1.72. The van der Waals surface area contributed by atoms with E-state index in [1.54, 1.807) is 11.0 Å². The second-order valence-electron chi connectivity index (χ2n) is 3.81. The minimum Gasteiger partial charge on any atom is -0.384 e. The van der Waals surface area contributed by atoms with Crippen LogP contribution in [0.2, 0.25) is 0 Å². The summed E-state index contributed by atoms with van der Waals surface area (Å²) < 4.78 is 38.7. The second-order valence-corrected chi connectivity index (χ2v) is 3.81. The highest BCUT2D eigenvalue weighted by atomic mass is 19.4. The third-order valence-corrected chi connectivity index (χ3v) is 2.73. The molecule has 0 unspecified atom stereocenters. The highest BCUT2D eigenvalue weighted by Crippen LogP contribution is 2.34. The van der Waals surface area contributed by atoms with E-state index >= 15 is 0 Å². The molecule has 0 radical (unpaired) electrons. The van der Waals surface area contributed by atoms with Crippen LogP contribution >= 0.6 is 0 Å². The van der Waals surface area contributed by atoms with E-state index in [0.717, 1.165) is 6.07 Å². The third kappa shape index (κ3) is 2.94. The first kappa shape index (κ1) is 14.3. The fraction of sp³-hybridized carbons (Fsp3) is 0.417. The summed E-state index contributed by atoms with van der Waals surface area (Å²) in [6, 6.07) is 3.85. The van der Waals surface area contributed by atoms with Crippen molar-refractivity contribution in [2.45, 2.75) is 20.0 Å². The summed E-state index contributed by atoms with van der Waals surface area (Å²) >= 11 is 0. The van der Waals surface area contributed by atoms with Gasteiger partial charge in [-0.2, -0.15) is 13.2 Å². The van der Waals surface area contributed by atoms with Crippen LogP contribution in [0.3, 0.4) is 0 Å². The molecule has 0 fully saturated rings. The predicted molar refractivity (Wildman–Crippen MR) is 66.0 cm³/mol. The fourth-order valence-corrected chi connectivity index (χ4v) is 1.79. The van der Waals surface area contributed by atoms with Crippen LogP contribution in [0.5, 0.6) is 0 Å². The van der Waals surface area contributed by atoms with Crippen LogP contribution < -0.4 is 10.6 Å². The number of anilines is 1. The van der Waals surface area contributed by atoms with E-state index in [1.165, 1.54) is 6.07 Å². The fourth-order valence-electron chi connectivity index (χ4n) is 1.79. The number of nitrogens with two attached hydrogens (primary N) is 1. The molecule has 0 aromatic heterocycles. The van der Waals surface area contributed by atoms with E-state index in [2.05, 4.69) is 0 Å². The minimum absolute atomic E-state index is 0.279. The lowest BCUT2D eigenvalue weighted by atomic mass is 10.0. The van der Waals surface area contributed by atoms with Crippen LogP contribution in [-0.4, -0.2) is 18.9 Å². The van der Waals surface area contributed by atoms with Crippen molar-refractivity contribution in [2.75, 3.05) is 18.0 Å². The molecule has 0 atom stereocenters. The molecule has 6 heteroatoms. The average molecular weight is 259 g/mol. The topological polar surface area (TPSA) is 53.1 Å². The van der Waals surface area contributed by atoms with Crippen LogP contribution in [0, 0.1) is 5.41 Å². The Bertz CT molecular complexity index is 437. The zero-order valence-electron chi connectivity index (χ0n) is 10.3. The Morgan fingerprint density at radius 1 is 1.28 bits per heavy atom. The van der Waals surface area contributed by atoms with Gasteiger partial charge in [0.25, 0.3) is 0 Å². The molecule has 0 aliphatic rings. The monoisotopic (exact) mass is 259 g/mol. The van der Waals surface area contributed by atoms with Crippen molar-refractivity contribution in [1.29, 1.82) is 5.41 Å². The highest BCUT2D eigenvalue weighted by molar-refractivity contribution is 5.97. The highest BCUT2D eigenvalue weighted by Gasteiger charge is 2.34. The molecular formula is C12H16F3N3. The number of alkyl halides is 3. The van der Waals surface area contributed by atoms with Gasteiger partial charge in [-0.1, -0.05) is 0 Å². The molecule has 0 aliphatic heterocycles. The summed E-state index contributed by atoms with van der Waals surface area (Å²) in [6.45, 7) is 4.98. The molecule has 0 saturated carbocycles. The maximum atomic E-state index is 12.9. The number of benzene rings is 1. The normalized spacial score (nSPS) is 11.4. The van der Waals surface area contributed by atoms with E-state index in [9.17, 15) is 13.2 Å². The molecule has 1 rings (SSSR count). The average Bonchev–Trinajstić information content (AvgIpc) is 2.29. The number of nitrogen functional groups attached to an aromatic ring is 1. The molecule has 3 N–H and O–H groups in total. The van der Waals surface area contributed by atoms with E-state index < -0.39 is 17.6 Å². The third-order valence-electron chi connectivity index (χ3n) is 2.73. The first-order valence-corrected chi connectivity index (χ1v) is 5.61. The van der Waals surface area contributed by atoms with E-state index in [-0.39, 0.29) is 5.56 Å². The van der Waals surface area contributed by atoms with Crippen molar-refractivity contribution >= 4 is 11.5 Å². The van der Waals surface area contributed by atoms with Crippen molar-refractivity contribution in [3.63, 3.8) is 0 Å². The number of nitrogens with zero attached hydrogens (tertiary/aromatic N) is 1. The Balaban J connectivity index is 3.34. The van der Waals surface area contributed by atoms with Crippen molar-refractivity contribution < 1.29 is 13.2 Å². The van der Waals surface area contributed by atoms with Crippen molar-refractivity contribution in [3.8, 4) is 0 Å². The van der Waals surface area contributed by atoms with Gasteiger partial charge in [0.2, 0.25) is 0 Å². The van der Waals surface area contributed by atoms with Gasteiger partial charge in [-0.05, 0) is 32.0 Å². The molecule has 0 aliphatic carbocycles. The maximum Gasteiger partial charge on any atom is 0.417 e. The smallest absolute Gasteiger partial charge is 0.384 e. The van der Waals surface area contributed by atoms with Crippen LogP contribution in [0.25, 0.3) is 0 Å². The van der Waals surface area contributed by atoms with E-state index in [0.29, 0.717) is 18.8 Å². The minimum atomic E-state index is -4.51. The lowest BCUT2D eigenvalue weighted by Gasteiger charge is -2.23. The number of amidine groups is 1. The van der Waals surface area contributed by atoms with E-state index in [4.69, 9.17) is 11.1 Å². The van der Waals surface area contributed by atoms with Crippen LogP contribution in [0.1, 0.15) is 25.0 Å². The summed E-state index contributed by atoms with van der Waals surface area (Å²) in [4.78, 5) is 1.80. The Morgan fingerprint density at radius 3 is 2.22 bits per heavy atom. The summed E-state index contributed by atoms with van der Waals surface area (Å²) in [5, 5.41) is 7.19. The largest absolute Gasteiger partial charge is 0.417 e. The van der Waals surface area contributed by atoms with Crippen molar-refractivity contribution in [3.05, 3.63) is 29.3 Å². The van der Waals surface area contributed by atoms with Gasteiger partial charge in [0.1, 0.15) is 5.84 Å². The van der Waals surface area contributed by atoms with Gasteiger partial charge >= 0.3 is 6.18 Å². The zero-order chi connectivity index (χ0) is 13.9. The van der Waals surface area contributed by atoms with Gasteiger partial charge in [-0.3, -0.25) is 5.41 Å². The van der Waals surface area contributed by atoms with Crippen molar-refractivity contribution in [2.24, 2.45) is 5.73 Å². The van der Waals surface area contributed by atoms with Gasteiger partial charge < -0.3 is 10.6 Å². The lowest BCUT2D eigenvalue weighted by molar-refractivity contribution is -0.137. The second kappa shape index (κ2) is 5.29. The predicted octanol–water partition coefficient (Wildman–Crippen LogP) is 2.84. The molecule has 1 aromatic rings. The van der Waals surface area contributed by atoms with Gasteiger partial charge in [0.05, 0.1) is 5.56 Å².